The fourth-order valence-electron chi connectivity index (χ4n) is 2.49. The van der Waals surface area contributed by atoms with E-state index < -0.39 is 16.0 Å². The van der Waals surface area contributed by atoms with Crippen LogP contribution in [0.3, 0.4) is 0 Å². The Labute approximate surface area is 149 Å². The topological polar surface area (TPSA) is 63.7 Å². The highest BCUT2D eigenvalue weighted by atomic mass is 32.2. The van der Waals surface area contributed by atoms with Crippen molar-refractivity contribution in [1.29, 1.82) is 0 Å². The zero-order valence-electron chi connectivity index (χ0n) is 14.9. The van der Waals surface area contributed by atoms with E-state index in [1.807, 2.05) is 24.3 Å². The number of methoxy groups -OCH3 is 1. The van der Waals surface area contributed by atoms with Gasteiger partial charge in [-0.15, -0.1) is 0 Å². The summed E-state index contributed by atoms with van der Waals surface area (Å²) in [6.07, 6.45) is 0. The lowest BCUT2D eigenvalue weighted by Crippen LogP contribution is -2.28. The molecule has 25 heavy (non-hydrogen) atoms. The van der Waals surface area contributed by atoms with Gasteiger partial charge >= 0.3 is 5.97 Å². The number of rotatable bonds is 6. The highest BCUT2D eigenvalue weighted by molar-refractivity contribution is 7.89. The smallest absolute Gasteiger partial charge is 0.339 e. The van der Waals surface area contributed by atoms with Gasteiger partial charge < -0.3 is 4.74 Å². The van der Waals surface area contributed by atoms with Crippen LogP contribution in [0.25, 0.3) is 0 Å². The standard InChI is InChI=1S/C19H23NO4S/c1-14(2)16-11-9-15(10-12-16)13-20(3)25(22,23)18-8-6-5-7-17(18)19(21)24-4/h5-12,14H,13H2,1-4H3. The average molecular weight is 361 g/mol. The number of hydrogen-bond donors (Lipinski definition) is 0. The molecule has 0 spiro atoms. The minimum atomic E-state index is -3.82. The molecule has 2 aromatic rings. The molecule has 2 aromatic carbocycles. The van der Waals surface area contributed by atoms with Gasteiger partial charge in [-0.3, -0.25) is 0 Å². The molecule has 2 rings (SSSR count). The van der Waals surface area contributed by atoms with Gasteiger partial charge in [-0.25, -0.2) is 13.2 Å². The first-order valence-electron chi connectivity index (χ1n) is 8.00. The van der Waals surface area contributed by atoms with Gasteiger partial charge in [0, 0.05) is 13.6 Å². The van der Waals surface area contributed by atoms with Crippen molar-refractivity contribution in [1.82, 2.24) is 4.31 Å². The van der Waals surface area contributed by atoms with Crippen molar-refractivity contribution in [3.8, 4) is 0 Å². The minimum absolute atomic E-state index is 0.0343. The van der Waals surface area contributed by atoms with E-state index in [9.17, 15) is 13.2 Å². The highest BCUT2D eigenvalue weighted by Crippen LogP contribution is 2.22. The van der Waals surface area contributed by atoms with Gasteiger partial charge in [0.15, 0.2) is 0 Å². The lowest BCUT2D eigenvalue weighted by molar-refractivity contribution is 0.0596. The van der Waals surface area contributed by atoms with Crippen LogP contribution >= 0.6 is 0 Å². The Bertz CT molecular complexity index is 842. The molecule has 0 aliphatic heterocycles. The number of esters is 1. The SMILES string of the molecule is COC(=O)c1ccccc1S(=O)(=O)N(C)Cc1ccc(C(C)C)cc1. The van der Waals surface area contributed by atoms with Gasteiger partial charge in [0.05, 0.1) is 17.6 Å². The van der Waals surface area contributed by atoms with Gasteiger partial charge in [0.2, 0.25) is 10.0 Å². The van der Waals surface area contributed by atoms with Crippen LogP contribution in [0, 0.1) is 0 Å². The quantitative estimate of drug-likeness (QED) is 0.740. The van der Waals surface area contributed by atoms with Crippen molar-refractivity contribution in [2.45, 2.75) is 31.2 Å². The van der Waals surface area contributed by atoms with Crippen LogP contribution in [-0.2, 0) is 21.3 Å². The summed E-state index contributed by atoms with van der Waals surface area (Å²) >= 11 is 0. The molecule has 0 radical (unpaired) electrons. The predicted molar refractivity (Wildman–Crippen MR) is 97.0 cm³/mol. The molecule has 134 valence electrons. The monoisotopic (exact) mass is 361 g/mol. The molecule has 0 aliphatic carbocycles. The van der Waals surface area contributed by atoms with Gasteiger partial charge in [-0.1, -0.05) is 50.2 Å². The van der Waals surface area contributed by atoms with E-state index in [-0.39, 0.29) is 17.0 Å². The third kappa shape index (κ3) is 4.27. The molecule has 0 aliphatic rings. The van der Waals surface area contributed by atoms with Crippen LogP contribution < -0.4 is 0 Å². The van der Waals surface area contributed by atoms with E-state index in [4.69, 9.17) is 0 Å². The zero-order valence-corrected chi connectivity index (χ0v) is 15.7. The molecule has 0 bridgehead atoms. The number of benzene rings is 2. The Hall–Kier alpha value is -2.18. The molecule has 0 heterocycles. The first-order chi connectivity index (χ1) is 11.8. The van der Waals surface area contributed by atoms with Crippen LogP contribution in [0.15, 0.2) is 53.4 Å². The van der Waals surface area contributed by atoms with E-state index in [0.717, 1.165) is 5.56 Å². The summed E-state index contributed by atoms with van der Waals surface area (Å²) in [6.45, 7) is 4.43. The highest BCUT2D eigenvalue weighted by Gasteiger charge is 2.26. The molecule has 0 saturated carbocycles. The lowest BCUT2D eigenvalue weighted by atomic mass is 10.0. The summed E-state index contributed by atoms with van der Waals surface area (Å²) in [4.78, 5) is 11.8. The van der Waals surface area contributed by atoms with E-state index in [2.05, 4.69) is 18.6 Å². The predicted octanol–water partition coefficient (Wildman–Crippen LogP) is 3.42. The molecule has 0 aromatic heterocycles. The van der Waals surface area contributed by atoms with Crippen LogP contribution in [0.5, 0.6) is 0 Å². The van der Waals surface area contributed by atoms with E-state index in [1.54, 1.807) is 12.1 Å². The number of nitrogens with zero attached hydrogens (tertiary/aromatic N) is 1. The average Bonchev–Trinajstić information content (AvgIpc) is 2.61. The molecular formula is C19H23NO4S. The number of carbonyl (C=O) groups is 1. The van der Waals surface area contributed by atoms with Gasteiger partial charge in [-0.2, -0.15) is 4.31 Å². The van der Waals surface area contributed by atoms with Crippen molar-refractivity contribution in [2.75, 3.05) is 14.2 Å². The maximum Gasteiger partial charge on any atom is 0.339 e. The van der Waals surface area contributed by atoms with E-state index >= 15 is 0 Å². The maximum absolute atomic E-state index is 12.9. The second kappa shape index (κ2) is 7.80. The van der Waals surface area contributed by atoms with E-state index in [0.29, 0.717) is 5.92 Å². The van der Waals surface area contributed by atoms with Crippen molar-refractivity contribution in [3.05, 3.63) is 65.2 Å². The lowest BCUT2D eigenvalue weighted by Gasteiger charge is -2.19. The molecule has 0 atom stereocenters. The summed E-state index contributed by atoms with van der Waals surface area (Å²) in [7, 11) is -1.09. The summed E-state index contributed by atoms with van der Waals surface area (Å²) in [5.74, 6) is -0.253. The molecular weight excluding hydrogens is 338 g/mol. The third-order valence-electron chi connectivity index (χ3n) is 4.03. The van der Waals surface area contributed by atoms with Crippen LogP contribution in [-0.4, -0.2) is 32.8 Å². The van der Waals surface area contributed by atoms with Crippen molar-refractivity contribution >= 4 is 16.0 Å². The molecule has 0 amide bonds. The Balaban J connectivity index is 2.29. The summed E-state index contributed by atoms with van der Waals surface area (Å²) < 4.78 is 31.7. The van der Waals surface area contributed by atoms with Gasteiger partial charge in [0.25, 0.3) is 0 Å². The number of ether oxygens (including phenoxy) is 1. The Kier molecular flexibility index (Phi) is 5.98. The second-order valence-electron chi connectivity index (χ2n) is 6.15. The largest absolute Gasteiger partial charge is 0.465 e. The Morgan fingerprint density at radius 2 is 1.68 bits per heavy atom. The van der Waals surface area contributed by atoms with Gasteiger partial charge in [0.1, 0.15) is 0 Å². The minimum Gasteiger partial charge on any atom is -0.465 e. The van der Waals surface area contributed by atoms with Crippen LogP contribution in [0.2, 0.25) is 0 Å². The third-order valence-corrected chi connectivity index (χ3v) is 5.89. The van der Waals surface area contributed by atoms with Gasteiger partial charge in [-0.05, 0) is 29.2 Å². The van der Waals surface area contributed by atoms with Crippen molar-refractivity contribution in [3.63, 3.8) is 0 Å². The number of hydrogen-bond acceptors (Lipinski definition) is 4. The molecule has 5 nitrogen and oxygen atoms in total. The van der Waals surface area contributed by atoms with Crippen LogP contribution in [0.1, 0.15) is 41.3 Å². The summed E-state index contributed by atoms with van der Waals surface area (Å²) in [5, 5.41) is 0. The molecule has 0 unspecified atom stereocenters. The van der Waals surface area contributed by atoms with E-state index in [1.165, 1.54) is 36.2 Å². The fraction of sp³-hybridized carbons (Fsp3) is 0.316. The fourth-order valence-corrected chi connectivity index (χ4v) is 3.82. The second-order valence-corrected chi connectivity index (χ2v) is 8.16. The zero-order chi connectivity index (χ0) is 18.6. The van der Waals surface area contributed by atoms with Crippen molar-refractivity contribution < 1.29 is 17.9 Å². The summed E-state index contributed by atoms with van der Waals surface area (Å²) in [6, 6.07) is 13.9. The summed E-state index contributed by atoms with van der Waals surface area (Å²) in [5.41, 5.74) is 2.11. The number of carbonyl (C=O) groups excluding carboxylic acids is 1. The van der Waals surface area contributed by atoms with Crippen molar-refractivity contribution in [2.24, 2.45) is 0 Å². The number of sulfonamides is 1. The molecule has 0 N–H and O–H groups in total. The molecule has 0 saturated heterocycles. The first kappa shape index (κ1) is 19.1. The maximum atomic E-state index is 12.9. The normalized spacial score (nSPS) is 11.8. The molecule has 0 fully saturated rings. The Morgan fingerprint density at radius 3 is 2.24 bits per heavy atom. The molecule has 6 heteroatoms. The Morgan fingerprint density at radius 1 is 1.08 bits per heavy atom. The first-order valence-corrected chi connectivity index (χ1v) is 9.44. The van der Waals surface area contributed by atoms with Crippen LogP contribution in [0.4, 0.5) is 0 Å².